The minimum absolute atomic E-state index is 0.174. The van der Waals surface area contributed by atoms with E-state index in [1.165, 1.54) is 6.20 Å². The van der Waals surface area contributed by atoms with Crippen LogP contribution in [0.3, 0.4) is 0 Å². The van der Waals surface area contributed by atoms with Crippen molar-refractivity contribution in [3.63, 3.8) is 0 Å². The molecule has 2 heterocycles. The molecule has 0 aliphatic rings. The van der Waals surface area contributed by atoms with Crippen LogP contribution >= 0.6 is 27.5 Å². The zero-order chi connectivity index (χ0) is 13.1. The molecule has 0 aliphatic carbocycles. The van der Waals surface area contributed by atoms with Gasteiger partial charge in [0.2, 0.25) is 5.95 Å². The van der Waals surface area contributed by atoms with E-state index in [1.807, 2.05) is 0 Å². The summed E-state index contributed by atoms with van der Waals surface area (Å²) in [5.74, 6) is -0.162. The second kappa shape index (κ2) is 5.41. The number of carbonyl (C=O) groups excluding carboxylic acids is 1. The van der Waals surface area contributed by atoms with E-state index in [4.69, 9.17) is 11.6 Å². The average molecular weight is 328 g/mol. The lowest BCUT2D eigenvalue weighted by Gasteiger charge is -2.04. The number of aryl methyl sites for hydroxylation is 1. The Hall–Kier alpha value is -1.53. The second-order valence-corrected chi connectivity index (χ2v) is 4.68. The molecule has 0 saturated heterocycles. The van der Waals surface area contributed by atoms with Crippen molar-refractivity contribution in [2.75, 3.05) is 5.32 Å². The van der Waals surface area contributed by atoms with Gasteiger partial charge in [0.25, 0.3) is 5.91 Å². The Morgan fingerprint density at radius 3 is 2.78 bits per heavy atom. The topological polar surface area (TPSA) is 67.8 Å². The Bertz CT molecular complexity index is 568. The Balaban J connectivity index is 2.18. The number of nitrogens with one attached hydrogen (secondary N) is 1. The maximum Gasteiger partial charge on any atom is 0.259 e. The average Bonchev–Trinajstić information content (AvgIpc) is 2.28. The second-order valence-electron chi connectivity index (χ2n) is 3.48. The van der Waals surface area contributed by atoms with Crippen molar-refractivity contribution in [2.24, 2.45) is 0 Å². The molecule has 92 valence electrons. The summed E-state index contributed by atoms with van der Waals surface area (Å²) in [5, 5.41) is 2.84. The number of halogens is 2. The number of amides is 1. The van der Waals surface area contributed by atoms with Gasteiger partial charge in [-0.25, -0.2) is 15.0 Å². The smallest absolute Gasteiger partial charge is 0.259 e. The highest BCUT2D eigenvalue weighted by Gasteiger charge is 2.09. The van der Waals surface area contributed by atoms with Crippen LogP contribution in [0.15, 0.2) is 29.0 Å². The van der Waals surface area contributed by atoms with Gasteiger partial charge in [0.05, 0.1) is 5.56 Å². The monoisotopic (exact) mass is 326 g/mol. The van der Waals surface area contributed by atoms with Crippen molar-refractivity contribution >= 4 is 39.4 Å². The largest absolute Gasteiger partial charge is 0.290 e. The van der Waals surface area contributed by atoms with E-state index in [2.05, 4.69) is 36.2 Å². The van der Waals surface area contributed by atoms with Crippen molar-refractivity contribution < 1.29 is 4.79 Å². The van der Waals surface area contributed by atoms with E-state index in [9.17, 15) is 4.79 Å². The van der Waals surface area contributed by atoms with Crippen LogP contribution in [0.1, 0.15) is 16.1 Å². The van der Waals surface area contributed by atoms with E-state index in [-0.39, 0.29) is 17.0 Å². The molecular formula is C11H8BrClN4O. The van der Waals surface area contributed by atoms with Crippen LogP contribution in [-0.2, 0) is 0 Å². The maximum absolute atomic E-state index is 11.9. The van der Waals surface area contributed by atoms with Crippen LogP contribution in [0, 0.1) is 6.92 Å². The van der Waals surface area contributed by atoms with Gasteiger partial charge >= 0.3 is 0 Å². The van der Waals surface area contributed by atoms with Crippen LogP contribution in [0.5, 0.6) is 0 Å². The van der Waals surface area contributed by atoms with Gasteiger partial charge in [0.15, 0.2) is 0 Å². The third-order valence-electron chi connectivity index (χ3n) is 2.04. The molecule has 2 rings (SSSR count). The van der Waals surface area contributed by atoms with Gasteiger partial charge in [0, 0.05) is 11.9 Å². The van der Waals surface area contributed by atoms with Gasteiger partial charge < -0.3 is 0 Å². The summed E-state index contributed by atoms with van der Waals surface area (Å²) in [6, 6.07) is 4.93. The third-order valence-corrected chi connectivity index (χ3v) is 2.70. The molecule has 0 spiro atoms. The molecule has 0 fully saturated rings. The molecule has 0 unspecified atom stereocenters. The molecule has 1 N–H and O–H groups in total. The molecule has 2 aromatic heterocycles. The van der Waals surface area contributed by atoms with Crippen LogP contribution < -0.4 is 5.32 Å². The lowest BCUT2D eigenvalue weighted by Crippen LogP contribution is -2.14. The molecule has 18 heavy (non-hydrogen) atoms. The van der Waals surface area contributed by atoms with Gasteiger partial charge in [-0.1, -0.05) is 11.6 Å². The molecule has 0 bridgehead atoms. The molecule has 0 aliphatic heterocycles. The van der Waals surface area contributed by atoms with E-state index in [1.54, 1.807) is 25.1 Å². The maximum atomic E-state index is 11.9. The van der Waals surface area contributed by atoms with Gasteiger partial charge in [-0.05, 0) is 41.1 Å². The molecule has 0 saturated carbocycles. The highest BCUT2D eigenvalue weighted by Crippen LogP contribution is 2.11. The first kappa shape index (κ1) is 12.9. The number of rotatable bonds is 2. The van der Waals surface area contributed by atoms with Crippen LogP contribution in [0.25, 0.3) is 0 Å². The highest BCUT2D eigenvalue weighted by molar-refractivity contribution is 9.10. The fraction of sp³-hybridized carbons (Fsp3) is 0.0909. The van der Waals surface area contributed by atoms with Crippen LogP contribution in [-0.4, -0.2) is 20.9 Å². The van der Waals surface area contributed by atoms with Crippen molar-refractivity contribution in [3.05, 3.63) is 45.4 Å². The first-order valence-electron chi connectivity index (χ1n) is 4.99. The van der Waals surface area contributed by atoms with Crippen LogP contribution in [0.2, 0.25) is 5.15 Å². The van der Waals surface area contributed by atoms with Gasteiger partial charge in [-0.2, -0.15) is 0 Å². The molecule has 0 radical (unpaired) electrons. The molecule has 0 aromatic carbocycles. The van der Waals surface area contributed by atoms with E-state index >= 15 is 0 Å². The minimum Gasteiger partial charge on any atom is -0.290 e. The number of hydrogen-bond donors (Lipinski definition) is 1. The van der Waals surface area contributed by atoms with E-state index in [0.717, 1.165) is 0 Å². The van der Waals surface area contributed by atoms with E-state index in [0.29, 0.717) is 15.9 Å². The Kier molecular flexibility index (Phi) is 3.88. The van der Waals surface area contributed by atoms with Crippen molar-refractivity contribution in [1.82, 2.24) is 15.0 Å². The normalized spacial score (nSPS) is 10.2. The summed E-state index contributed by atoms with van der Waals surface area (Å²) < 4.78 is 0.661. The Morgan fingerprint density at radius 2 is 2.17 bits per heavy atom. The predicted octanol–water partition coefficient (Wildman–Crippen LogP) is 2.85. The van der Waals surface area contributed by atoms with Crippen molar-refractivity contribution in [1.29, 1.82) is 0 Å². The summed E-state index contributed by atoms with van der Waals surface area (Å²) in [6.07, 6.45) is 1.46. The zero-order valence-electron chi connectivity index (χ0n) is 9.32. The summed E-state index contributed by atoms with van der Waals surface area (Å²) in [6.45, 7) is 1.77. The molecule has 2 aromatic rings. The lowest BCUT2D eigenvalue weighted by molar-refractivity contribution is 0.102. The van der Waals surface area contributed by atoms with Gasteiger partial charge in [-0.15, -0.1) is 0 Å². The number of aromatic nitrogens is 3. The Labute approximate surface area is 117 Å². The fourth-order valence-electron chi connectivity index (χ4n) is 1.27. The molecule has 1 amide bonds. The van der Waals surface area contributed by atoms with E-state index < -0.39 is 0 Å². The summed E-state index contributed by atoms with van der Waals surface area (Å²) in [4.78, 5) is 23.8. The van der Waals surface area contributed by atoms with Gasteiger partial charge in [0.1, 0.15) is 9.76 Å². The third kappa shape index (κ3) is 3.24. The zero-order valence-corrected chi connectivity index (χ0v) is 11.7. The lowest BCUT2D eigenvalue weighted by atomic mass is 10.3. The Morgan fingerprint density at radius 1 is 1.39 bits per heavy atom. The predicted molar refractivity (Wildman–Crippen MR) is 71.7 cm³/mol. The first-order valence-corrected chi connectivity index (χ1v) is 6.16. The summed E-state index contributed by atoms with van der Waals surface area (Å²) in [5.41, 5.74) is 1.10. The summed E-state index contributed by atoms with van der Waals surface area (Å²) in [7, 11) is 0. The number of nitrogens with zero attached hydrogens (tertiary/aromatic N) is 3. The van der Waals surface area contributed by atoms with Crippen molar-refractivity contribution in [2.45, 2.75) is 6.92 Å². The summed E-state index contributed by atoms with van der Waals surface area (Å²) >= 11 is 8.97. The quantitative estimate of drug-likeness (QED) is 0.680. The molecule has 7 heteroatoms. The molecular weight excluding hydrogens is 320 g/mol. The van der Waals surface area contributed by atoms with Gasteiger partial charge in [-0.3, -0.25) is 10.1 Å². The van der Waals surface area contributed by atoms with Crippen molar-refractivity contribution in [3.8, 4) is 0 Å². The number of hydrogen-bond acceptors (Lipinski definition) is 4. The van der Waals surface area contributed by atoms with Crippen LogP contribution in [0.4, 0.5) is 5.95 Å². The first-order chi connectivity index (χ1) is 8.54. The number of carbonyl (C=O) groups is 1. The SMILES string of the molecule is Cc1cc(Cl)nc(NC(=O)c2ccc(Br)nc2)n1. The number of anilines is 1. The highest BCUT2D eigenvalue weighted by atomic mass is 79.9. The molecule has 5 nitrogen and oxygen atoms in total. The molecule has 0 atom stereocenters. The fourth-order valence-corrected chi connectivity index (χ4v) is 1.74. The minimum atomic E-state index is -0.336. The number of pyridine rings is 1. The standard InChI is InChI=1S/C11H8BrClN4O/c1-6-4-9(13)16-11(15-6)17-10(18)7-2-3-8(12)14-5-7/h2-5H,1H3,(H,15,16,17,18).